The summed E-state index contributed by atoms with van der Waals surface area (Å²) in [7, 11) is 0. The predicted molar refractivity (Wildman–Crippen MR) is 97.4 cm³/mol. The molecule has 0 saturated carbocycles. The van der Waals surface area contributed by atoms with Crippen LogP contribution in [0.1, 0.15) is 10.9 Å². The molecule has 0 spiro atoms. The average Bonchev–Trinajstić information content (AvgIpc) is 3.19. The number of carbonyl (C=O) groups is 2. The third kappa shape index (κ3) is 5.09. The SMILES string of the molecule is O=C(NCC(c1cccs1)N1CCOCC1)C(=O)Nc1ccc(F)cc1F. The zero-order valence-electron chi connectivity index (χ0n) is 14.4. The summed E-state index contributed by atoms with van der Waals surface area (Å²) in [6.07, 6.45) is 0. The van der Waals surface area contributed by atoms with Gasteiger partial charge in [0.15, 0.2) is 0 Å². The Kier molecular flexibility index (Phi) is 6.49. The van der Waals surface area contributed by atoms with Crippen LogP contribution in [0.3, 0.4) is 0 Å². The second kappa shape index (κ2) is 9.03. The molecule has 3 rings (SSSR count). The van der Waals surface area contributed by atoms with Gasteiger partial charge in [0.25, 0.3) is 0 Å². The standard InChI is InChI=1S/C18H19F2N3O3S/c19-12-3-4-14(13(20)10-12)22-18(25)17(24)21-11-15(16-2-1-9-27-16)23-5-7-26-8-6-23/h1-4,9-10,15H,5-8,11H2,(H,21,24)(H,22,25). The highest BCUT2D eigenvalue weighted by Gasteiger charge is 2.25. The van der Waals surface area contributed by atoms with Crippen molar-refractivity contribution in [3.63, 3.8) is 0 Å². The molecule has 0 bridgehead atoms. The maximum Gasteiger partial charge on any atom is 0.313 e. The zero-order chi connectivity index (χ0) is 19.2. The number of halogens is 2. The highest BCUT2D eigenvalue weighted by molar-refractivity contribution is 7.10. The number of morpholine rings is 1. The number of anilines is 1. The summed E-state index contributed by atoms with van der Waals surface area (Å²) in [5.74, 6) is -3.60. The number of hydrogen-bond acceptors (Lipinski definition) is 5. The molecule has 1 aromatic carbocycles. The van der Waals surface area contributed by atoms with E-state index in [-0.39, 0.29) is 18.3 Å². The monoisotopic (exact) mass is 395 g/mol. The van der Waals surface area contributed by atoms with E-state index >= 15 is 0 Å². The van der Waals surface area contributed by atoms with Crippen LogP contribution in [-0.2, 0) is 14.3 Å². The Balaban J connectivity index is 1.60. The average molecular weight is 395 g/mol. The first-order valence-electron chi connectivity index (χ1n) is 8.44. The molecular weight excluding hydrogens is 376 g/mol. The third-order valence-corrected chi connectivity index (χ3v) is 5.17. The number of hydrogen-bond donors (Lipinski definition) is 2. The Morgan fingerprint density at radius 3 is 2.63 bits per heavy atom. The Bertz CT molecular complexity index is 795. The summed E-state index contributed by atoms with van der Waals surface area (Å²) in [5, 5.41) is 6.70. The van der Waals surface area contributed by atoms with Crippen LogP contribution >= 0.6 is 11.3 Å². The van der Waals surface area contributed by atoms with Crippen molar-refractivity contribution < 1.29 is 23.1 Å². The molecule has 2 N–H and O–H groups in total. The van der Waals surface area contributed by atoms with Crippen molar-refractivity contribution in [1.82, 2.24) is 10.2 Å². The van der Waals surface area contributed by atoms with Crippen LogP contribution in [-0.4, -0.2) is 49.6 Å². The number of carbonyl (C=O) groups excluding carboxylic acids is 2. The molecule has 1 saturated heterocycles. The first kappa shape index (κ1) is 19.4. The number of nitrogens with zero attached hydrogens (tertiary/aromatic N) is 1. The molecule has 0 radical (unpaired) electrons. The quantitative estimate of drug-likeness (QED) is 0.762. The number of benzene rings is 1. The van der Waals surface area contributed by atoms with E-state index in [4.69, 9.17) is 4.74 Å². The Morgan fingerprint density at radius 2 is 1.96 bits per heavy atom. The molecule has 1 unspecified atom stereocenters. The van der Waals surface area contributed by atoms with Crippen LogP contribution in [0.25, 0.3) is 0 Å². The first-order valence-corrected chi connectivity index (χ1v) is 9.32. The fraction of sp³-hybridized carbons (Fsp3) is 0.333. The molecule has 2 aromatic rings. The maximum absolute atomic E-state index is 13.6. The molecule has 27 heavy (non-hydrogen) atoms. The van der Waals surface area contributed by atoms with Crippen molar-refractivity contribution in [3.05, 3.63) is 52.2 Å². The molecule has 2 amide bonds. The van der Waals surface area contributed by atoms with Gasteiger partial charge in [0.1, 0.15) is 11.6 Å². The largest absolute Gasteiger partial charge is 0.379 e. The molecule has 9 heteroatoms. The Morgan fingerprint density at radius 1 is 1.19 bits per heavy atom. The number of nitrogens with one attached hydrogen (secondary N) is 2. The Hall–Kier alpha value is -2.36. The minimum atomic E-state index is -1.01. The minimum Gasteiger partial charge on any atom is -0.379 e. The molecular formula is C18H19F2N3O3S. The second-order valence-corrected chi connectivity index (χ2v) is 6.95. The van der Waals surface area contributed by atoms with Gasteiger partial charge >= 0.3 is 11.8 Å². The van der Waals surface area contributed by atoms with Gasteiger partial charge in [-0.05, 0) is 23.6 Å². The van der Waals surface area contributed by atoms with Crippen LogP contribution in [0, 0.1) is 11.6 Å². The summed E-state index contributed by atoms with van der Waals surface area (Å²) in [6, 6.07) is 6.54. The van der Waals surface area contributed by atoms with Gasteiger partial charge in [-0.2, -0.15) is 0 Å². The van der Waals surface area contributed by atoms with E-state index in [1.165, 1.54) is 0 Å². The van der Waals surface area contributed by atoms with E-state index in [1.807, 2.05) is 17.5 Å². The van der Waals surface area contributed by atoms with E-state index in [9.17, 15) is 18.4 Å². The molecule has 1 atom stereocenters. The number of amides is 2. The van der Waals surface area contributed by atoms with E-state index in [2.05, 4.69) is 15.5 Å². The lowest BCUT2D eigenvalue weighted by Gasteiger charge is -2.34. The highest BCUT2D eigenvalue weighted by Crippen LogP contribution is 2.25. The molecule has 2 heterocycles. The van der Waals surface area contributed by atoms with Crippen molar-refractivity contribution in [2.45, 2.75) is 6.04 Å². The molecule has 1 aliphatic rings. The van der Waals surface area contributed by atoms with E-state index in [0.29, 0.717) is 19.3 Å². The molecule has 0 aliphatic carbocycles. The lowest BCUT2D eigenvalue weighted by Crippen LogP contribution is -2.45. The van der Waals surface area contributed by atoms with Crippen LogP contribution < -0.4 is 10.6 Å². The Labute approximate surface area is 159 Å². The summed E-state index contributed by atoms with van der Waals surface area (Å²) in [6.45, 7) is 2.91. The fourth-order valence-electron chi connectivity index (χ4n) is 2.82. The molecule has 144 valence electrons. The van der Waals surface area contributed by atoms with Gasteiger partial charge in [-0.25, -0.2) is 8.78 Å². The normalized spacial score (nSPS) is 15.9. The number of ether oxygens (including phenoxy) is 1. The van der Waals surface area contributed by atoms with Gasteiger partial charge in [0.05, 0.1) is 24.9 Å². The second-order valence-electron chi connectivity index (χ2n) is 5.97. The number of thiophene rings is 1. The molecule has 1 aromatic heterocycles. The summed E-state index contributed by atoms with van der Waals surface area (Å²) >= 11 is 1.57. The van der Waals surface area contributed by atoms with E-state index < -0.39 is 23.4 Å². The lowest BCUT2D eigenvalue weighted by molar-refractivity contribution is -0.136. The summed E-state index contributed by atoms with van der Waals surface area (Å²) in [4.78, 5) is 27.4. The van der Waals surface area contributed by atoms with Crippen molar-refractivity contribution in [1.29, 1.82) is 0 Å². The van der Waals surface area contributed by atoms with Crippen LogP contribution in [0.15, 0.2) is 35.7 Å². The zero-order valence-corrected chi connectivity index (χ0v) is 15.2. The topological polar surface area (TPSA) is 70.7 Å². The van der Waals surface area contributed by atoms with E-state index in [1.54, 1.807) is 11.3 Å². The van der Waals surface area contributed by atoms with Gasteiger partial charge in [0, 0.05) is 30.6 Å². The van der Waals surface area contributed by atoms with Crippen molar-refractivity contribution in [2.24, 2.45) is 0 Å². The van der Waals surface area contributed by atoms with Crippen molar-refractivity contribution in [3.8, 4) is 0 Å². The van der Waals surface area contributed by atoms with Gasteiger partial charge in [0.2, 0.25) is 0 Å². The van der Waals surface area contributed by atoms with Crippen LogP contribution in [0.5, 0.6) is 0 Å². The lowest BCUT2D eigenvalue weighted by atomic mass is 10.2. The minimum absolute atomic E-state index is 0.0757. The maximum atomic E-state index is 13.6. The highest BCUT2D eigenvalue weighted by atomic mass is 32.1. The summed E-state index contributed by atoms with van der Waals surface area (Å²) in [5.41, 5.74) is -0.250. The van der Waals surface area contributed by atoms with Crippen LogP contribution in [0.2, 0.25) is 0 Å². The van der Waals surface area contributed by atoms with Gasteiger partial charge in [-0.15, -0.1) is 11.3 Å². The van der Waals surface area contributed by atoms with Crippen molar-refractivity contribution >= 4 is 28.8 Å². The third-order valence-electron chi connectivity index (χ3n) is 4.20. The van der Waals surface area contributed by atoms with Gasteiger partial charge in [-0.3, -0.25) is 14.5 Å². The van der Waals surface area contributed by atoms with Crippen LogP contribution in [0.4, 0.5) is 14.5 Å². The fourth-order valence-corrected chi connectivity index (χ4v) is 3.68. The molecule has 6 nitrogen and oxygen atoms in total. The molecule has 1 fully saturated rings. The van der Waals surface area contributed by atoms with Crippen molar-refractivity contribution in [2.75, 3.05) is 38.2 Å². The molecule has 1 aliphatic heterocycles. The summed E-state index contributed by atoms with van der Waals surface area (Å²) < 4.78 is 31.9. The number of rotatable bonds is 5. The smallest absolute Gasteiger partial charge is 0.313 e. The van der Waals surface area contributed by atoms with Gasteiger partial charge < -0.3 is 15.4 Å². The van der Waals surface area contributed by atoms with Gasteiger partial charge in [-0.1, -0.05) is 6.07 Å². The predicted octanol–water partition coefficient (Wildman–Crippen LogP) is 2.15. The van der Waals surface area contributed by atoms with E-state index in [0.717, 1.165) is 30.1 Å². The first-order chi connectivity index (χ1) is 13.0.